The van der Waals surface area contributed by atoms with E-state index >= 15 is 0 Å². The van der Waals surface area contributed by atoms with E-state index in [-0.39, 0.29) is 28.0 Å². The van der Waals surface area contributed by atoms with Crippen molar-refractivity contribution in [2.24, 2.45) is 0 Å². The maximum Gasteiger partial charge on any atom is 0.339 e. The van der Waals surface area contributed by atoms with Crippen LogP contribution in [0.15, 0.2) is 64.4 Å². The molecule has 0 aromatic heterocycles. The van der Waals surface area contributed by atoms with Crippen molar-refractivity contribution in [2.75, 3.05) is 19.6 Å². The monoisotopic (exact) mass is 486 g/mol. The van der Waals surface area contributed by atoms with Gasteiger partial charge in [-0.2, -0.15) is 8.42 Å². The molecule has 3 amide bonds. The zero-order valence-corrected chi connectivity index (χ0v) is 19.3. The van der Waals surface area contributed by atoms with Gasteiger partial charge in [-0.05, 0) is 55.3 Å². The zero-order chi connectivity index (χ0) is 23.4. The van der Waals surface area contributed by atoms with Crippen LogP contribution in [0, 0.1) is 0 Å². The molecule has 0 bridgehead atoms. The average molecular weight is 487 g/mol. The van der Waals surface area contributed by atoms with Gasteiger partial charge in [0.05, 0.1) is 4.91 Å². The summed E-state index contributed by atoms with van der Waals surface area (Å²) in [6.07, 6.45) is 4.30. The molecular formula is C23H22N2O6S2. The molecule has 0 aliphatic carbocycles. The van der Waals surface area contributed by atoms with Crippen LogP contribution in [-0.4, -0.2) is 54.9 Å². The summed E-state index contributed by atoms with van der Waals surface area (Å²) in [5, 5.41) is -0.535. The molecule has 0 radical (unpaired) electrons. The molecule has 0 spiro atoms. The van der Waals surface area contributed by atoms with E-state index in [1.807, 2.05) is 0 Å². The summed E-state index contributed by atoms with van der Waals surface area (Å²) < 4.78 is 30.5. The first-order valence-corrected chi connectivity index (χ1v) is 12.7. The number of benzene rings is 2. The molecular weight excluding hydrogens is 464 g/mol. The first-order valence-electron chi connectivity index (χ1n) is 10.5. The highest BCUT2D eigenvalue weighted by Gasteiger charge is 2.37. The van der Waals surface area contributed by atoms with E-state index in [0.29, 0.717) is 30.4 Å². The molecule has 4 rings (SSSR count). The van der Waals surface area contributed by atoms with Gasteiger partial charge in [-0.25, -0.2) is 0 Å². The standard InChI is InChI=1S/C23H22N2O6S2/c26-21(24-13-7-2-8-14-24)16-25-22(27)20(32-23(25)28)15-17-9-5-6-12-19(17)31-33(29,30)18-10-3-1-4-11-18/h1,3-6,9-12,15H,2,7-8,13-14,16H2/b20-15-. The highest BCUT2D eigenvalue weighted by Crippen LogP contribution is 2.34. The number of likely N-dealkylation sites (tertiary alicyclic amines) is 1. The Morgan fingerprint density at radius 3 is 2.36 bits per heavy atom. The third-order valence-electron chi connectivity index (χ3n) is 5.31. The minimum absolute atomic E-state index is 0.00338. The molecule has 2 aromatic rings. The fourth-order valence-electron chi connectivity index (χ4n) is 3.59. The van der Waals surface area contributed by atoms with Crippen LogP contribution in [0.2, 0.25) is 0 Å². The second-order valence-electron chi connectivity index (χ2n) is 7.60. The van der Waals surface area contributed by atoms with Crippen LogP contribution in [0.4, 0.5) is 4.79 Å². The van der Waals surface area contributed by atoms with E-state index in [1.54, 1.807) is 41.3 Å². The second kappa shape index (κ2) is 9.80. The highest BCUT2D eigenvalue weighted by molar-refractivity contribution is 8.18. The number of nitrogens with zero attached hydrogens (tertiary/aromatic N) is 2. The second-order valence-corrected chi connectivity index (χ2v) is 10.1. The van der Waals surface area contributed by atoms with Crippen LogP contribution in [0.3, 0.4) is 0 Å². The van der Waals surface area contributed by atoms with Gasteiger partial charge in [-0.15, -0.1) is 0 Å². The smallest absolute Gasteiger partial charge is 0.339 e. The lowest BCUT2D eigenvalue weighted by Gasteiger charge is -2.27. The van der Waals surface area contributed by atoms with Crippen molar-refractivity contribution in [3.05, 3.63) is 65.1 Å². The number of carbonyl (C=O) groups excluding carboxylic acids is 3. The van der Waals surface area contributed by atoms with Crippen molar-refractivity contribution < 1.29 is 27.0 Å². The zero-order valence-electron chi connectivity index (χ0n) is 17.7. The Kier molecular flexibility index (Phi) is 6.85. The maximum atomic E-state index is 12.8. The summed E-state index contributed by atoms with van der Waals surface area (Å²) in [4.78, 5) is 40.5. The van der Waals surface area contributed by atoms with Gasteiger partial charge < -0.3 is 9.08 Å². The van der Waals surface area contributed by atoms with Gasteiger partial charge >= 0.3 is 10.1 Å². The van der Waals surface area contributed by atoms with E-state index < -0.39 is 21.3 Å². The largest absolute Gasteiger partial charge is 0.378 e. The summed E-state index contributed by atoms with van der Waals surface area (Å²) in [6, 6.07) is 14.0. The van der Waals surface area contributed by atoms with Gasteiger partial charge in [-0.1, -0.05) is 36.4 Å². The van der Waals surface area contributed by atoms with Crippen molar-refractivity contribution in [1.82, 2.24) is 9.80 Å². The minimum Gasteiger partial charge on any atom is -0.378 e. The number of carbonyl (C=O) groups is 3. The molecule has 2 aliphatic heterocycles. The van der Waals surface area contributed by atoms with E-state index in [0.717, 1.165) is 24.2 Å². The third-order valence-corrected chi connectivity index (χ3v) is 7.47. The minimum atomic E-state index is -4.08. The first kappa shape index (κ1) is 23.1. The Balaban J connectivity index is 1.53. The number of amides is 3. The number of hydrogen-bond donors (Lipinski definition) is 0. The van der Waals surface area contributed by atoms with Gasteiger partial charge in [0.25, 0.3) is 11.1 Å². The number of piperidine rings is 1. The molecule has 0 unspecified atom stereocenters. The summed E-state index contributed by atoms with van der Waals surface area (Å²) in [5.74, 6) is -0.815. The van der Waals surface area contributed by atoms with Gasteiger partial charge in [0, 0.05) is 18.7 Å². The summed E-state index contributed by atoms with van der Waals surface area (Å²) in [7, 11) is -4.08. The van der Waals surface area contributed by atoms with Crippen LogP contribution >= 0.6 is 11.8 Å². The molecule has 2 fully saturated rings. The normalized spacial score (nSPS) is 18.1. The molecule has 2 heterocycles. The predicted molar refractivity (Wildman–Crippen MR) is 124 cm³/mol. The fraction of sp³-hybridized carbons (Fsp3) is 0.261. The average Bonchev–Trinajstić information content (AvgIpc) is 3.08. The van der Waals surface area contributed by atoms with Gasteiger partial charge in [0.1, 0.15) is 17.2 Å². The molecule has 172 valence electrons. The predicted octanol–water partition coefficient (Wildman–Crippen LogP) is 3.50. The molecule has 10 heteroatoms. The quantitative estimate of drug-likeness (QED) is 0.455. The van der Waals surface area contributed by atoms with E-state index in [1.165, 1.54) is 24.3 Å². The summed E-state index contributed by atoms with van der Waals surface area (Å²) in [6.45, 7) is 0.958. The van der Waals surface area contributed by atoms with Crippen LogP contribution in [0.5, 0.6) is 5.75 Å². The molecule has 2 aromatic carbocycles. The van der Waals surface area contributed by atoms with E-state index in [4.69, 9.17) is 4.18 Å². The Hall–Kier alpha value is -3.11. The van der Waals surface area contributed by atoms with Crippen molar-refractivity contribution in [1.29, 1.82) is 0 Å². The van der Waals surface area contributed by atoms with Crippen molar-refractivity contribution in [3.63, 3.8) is 0 Å². The van der Waals surface area contributed by atoms with Crippen LogP contribution < -0.4 is 4.18 Å². The Bertz CT molecular complexity index is 1200. The summed E-state index contributed by atoms with van der Waals surface area (Å²) >= 11 is 0.711. The van der Waals surface area contributed by atoms with Crippen LogP contribution in [-0.2, 0) is 19.7 Å². The lowest BCUT2D eigenvalue weighted by molar-refractivity contribution is -0.136. The molecule has 0 atom stereocenters. The highest BCUT2D eigenvalue weighted by atomic mass is 32.2. The number of rotatable bonds is 6. The molecule has 0 saturated carbocycles. The van der Waals surface area contributed by atoms with E-state index in [2.05, 4.69) is 0 Å². The maximum absolute atomic E-state index is 12.8. The lowest BCUT2D eigenvalue weighted by Crippen LogP contribution is -2.44. The molecule has 8 nitrogen and oxygen atoms in total. The lowest BCUT2D eigenvalue weighted by atomic mass is 10.1. The van der Waals surface area contributed by atoms with Crippen LogP contribution in [0.1, 0.15) is 24.8 Å². The molecule has 0 N–H and O–H groups in total. The van der Waals surface area contributed by atoms with Crippen molar-refractivity contribution in [2.45, 2.75) is 24.2 Å². The number of thioether (sulfide) groups is 1. The van der Waals surface area contributed by atoms with Crippen molar-refractivity contribution >= 4 is 45.0 Å². The van der Waals surface area contributed by atoms with Gasteiger partial charge in [0.2, 0.25) is 5.91 Å². The summed E-state index contributed by atoms with van der Waals surface area (Å²) in [5.41, 5.74) is 0.324. The number of para-hydroxylation sites is 1. The fourth-order valence-corrected chi connectivity index (χ4v) is 5.39. The van der Waals surface area contributed by atoms with Crippen molar-refractivity contribution in [3.8, 4) is 5.75 Å². The van der Waals surface area contributed by atoms with E-state index in [9.17, 15) is 22.8 Å². The van der Waals surface area contributed by atoms with Gasteiger partial charge in [-0.3, -0.25) is 19.3 Å². The molecule has 2 aliphatic rings. The SMILES string of the molecule is O=C(CN1C(=O)S/C(=C\c2ccccc2OS(=O)(=O)c2ccccc2)C1=O)N1CCCCC1. The van der Waals surface area contributed by atoms with Gasteiger partial charge in [0.15, 0.2) is 0 Å². The van der Waals surface area contributed by atoms with Crippen LogP contribution in [0.25, 0.3) is 6.08 Å². The number of hydrogen-bond acceptors (Lipinski definition) is 7. The molecule has 33 heavy (non-hydrogen) atoms. The first-order chi connectivity index (χ1) is 15.8. The number of imide groups is 1. The Labute approximate surface area is 196 Å². The third kappa shape index (κ3) is 5.28. The Morgan fingerprint density at radius 1 is 0.970 bits per heavy atom. The molecule has 2 saturated heterocycles. The topological polar surface area (TPSA) is 101 Å². The Morgan fingerprint density at radius 2 is 1.64 bits per heavy atom.